The molecule has 176 valence electrons. The predicted octanol–water partition coefficient (Wildman–Crippen LogP) is 3.00. The summed E-state index contributed by atoms with van der Waals surface area (Å²) in [6, 6.07) is 9.46. The number of aromatic nitrogens is 4. The Kier molecular flexibility index (Phi) is 6.53. The van der Waals surface area contributed by atoms with Gasteiger partial charge in [0.15, 0.2) is 5.65 Å². The first-order valence-corrected chi connectivity index (χ1v) is 12.7. The van der Waals surface area contributed by atoms with Gasteiger partial charge in [-0.1, -0.05) is 35.0 Å². The highest BCUT2D eigenvalue weighted by molar-refractivity contribution is 9.10. The van der Waals surface area contributed by atoms with E-state index in [2.05, 4.69) is 50.0 Å². The van der Waals surface area contributed by atoms with Gasteiger partial charge in [0.05, 0.1) is 12.7 Å². The lowest BCUT2D eigenvalue weighted by Gasteiger charge is -2.31. The number of anilines is 1. The molecule has 0 spiro atoms. The largest absolute Gasteiger partial charge is 0.354 e. The standard InChI is InChI=1S/C24H32BrN7O/c1-3-9-26-23-27-13-21-22(28-23)32(14-17-5-7-18(25)8-6-17)24(33)31(21)11-4-10-30-16-19-12-20(30)15-29(19)2/h5-8,13,19-20H,3-4,9-12,14-16H2,1-2H3,(H,26,27,28). The van der Waals surface area contributed by atoms with E-state index in [1.807, 2.05) is 28.8 Å². The van der Waals surface area contributed by atoms with Gasteiger partial charge in [0.25, 0.3) is 0 Å². The Morgan fingerprint density at radius 1 is 1.12 bits per heavy atom. The number of aryl methyl sites for hydroxylation is 1. The van der Waals surface area contributed by atoms with Crippen molar-refractivity contribution in [3.63, 3.8) is 0 Å². The van der Waals surface area contributed by atoms with Crippen LogP contribution in [0.15, 0.2) is 39.7 Å². The van der Waals surface area contributed by atoms with Crippen molar-refractivity contribution < 1.29 is 0 Å². The zero-order chi connectivity index (χ0) is 22.9. The minimum absolute atomic E-state index is 0.0162. The van der Waals surface area contributed by atoms with Crippen LogP contribution < -0.4 is 11.0 Å². The van der Waals surface area contributed by atoms with Gasteiger partial charge in [-0.15, -0.1) is 0 Å². The molecule has 8 nitrogen and oxygen atoms in total. The number of fused-ring (bicyclic) bond motifs is 3. The molecule has 2 aliphatic rings. The molecule has 0 radical (unpaired) electrons. The summed E-state index contributed by atoms with van der Waals surface area (Å²) >= 11 is 3.49. The number of likely N-dealkylation sites (N-methyl/N-ethyl adjacent to an activating group) is 1. The summed E-state index contributed by atoms with van der Waals surface area (Å²) in [5, 5.41) is 3.25. The first kappa shape index (κ1) is 22.6. The Hall–Kier alpha value is -2.23. The molecule has 2 fully saturated rings. The topological polar surface area (TPSA) is 71.2 Å². The zero-order valence-electron chi connectivity index (χ0n) is 19.4. The summed E-state index contributed by atoms with van der Waals surface area (Å²) in [6.07, 6.45) is 5.01. The second-order valence-corrected chi connectivity index (χ2v) is 10.2. The second-order valence-electron chi connectivity index (χ2n) is 9.31. The molecule has 2 saturated heterocycles. The normalized spacial score (nSPS) is 20.8. The fourth-order valence-corrected chi connectivity index (χ4v) is 5.47. The van der Waals surface area contributed by atoms with E-state index in [-0.39, 0.29) is 5.69 Å². The average Bonchev–Trinajstić information content (AvgIpc) is 3.46. The predicted molar refractivity (Wildman–Crippen MR) is 135 cm³/mol. The molecule has 1 N–H and O–H groups in total. The Balaban J connectivity index is 1.39. The second kappa shape index (κ2) is 9.56. The molecule has 0 aliphatic carbocycles. The molecule has 0 saturated carbocycles. The number of piperazine rings is 1. The van der Waals surface area contributed by atoms with Crippen molar-refractivity contribution in [3.05, 3.63) is 51.0 Å². The number of hydrogen-bond acceptors (Lipinski definition) is 6. The molecule has 3 aromatic rings. The summed E-state index contributed by atoms with van der Waals surface area (Å²) in [7, 11) is 2.23. The van der Waals surface area contributed by atoms with Gasteiger partial charge in [0, 0.05) is 49.3 Å². The zero-order valence-corrected chi connectivity index (χ0v) is 21.0. The summed E-state index contributed by atoms with van der Waals surface area (Å²) in [5.41, 5.74) is 2.55. The maximum absolute atomic E-state index is 13.5. The highest BCUT2D eigenvalue weighted by atomic mass is 79.9. The number of hydrogen-bond donors (Lipinski definition) is 1. The maximum atomic E-state index is 13.5. The summed E-state index contributed by atoms with van der Waals surface area (Å²) in [6.45, 7) is 7.42. The molecular formula is C24H32BrN7O. The van der Waals surface area contributed by atoms with E-state index < -0.39 is 0 Å². The van der Waals surface area contributed by atoms with Crippen LogP contribution in [0.25, 0.3) is 11.2 Å². The Labute approximate surface area is 202 Å². The highest BCUT2D eigenvalue weighted by Gasteiger charge is 2.40. The molecule has 0 amide bonds. The van der Waals surface area contributed by atoms with Gasteiger partial charge in [-0.3, -0.25) is 14.0 Å². The van der Waals surface area contributed by atoms with Gasteiger partial charge in [-0.05, 0) is 44.0 Å². The third-order valence-electron chi connectivity index (χ3n) is 7.00. The molecule has 4 heterocycles. The molecule has 2 aliphatic heterocycles. The van der Waals surface area contributed by atoms with Crippen LogP contribution in [-0.4, -0.2) is 74.2 Å². The van der Waals surface area contributed by atoms with E-state index in [1.165, 1.54) is 13.0 Å². The Morgan fingerprint density at radius 2 is 1.94 bits per heavy atom. The van der Waals surface area contributed by atoms with Crippen LogP contribution in [0, 0.1) is 0 Å². The third-order valence-corrected chi connectivity index (χ3v) is 7.53. The van der Waals surface area contributed by atoms with Gasteiger partial charge < -0.3 is 10.2 Å². The lowest BCUT2D eigenvalue weighted by molar-refractivity contribution is 0.147. The molecule has 2 aromatic heterocycles. The van der Waals surface area contributed by atoms with Crippen molar-refractivity contribution >= 4 is 33.0 Å². The van der Waals surface area contributed by atoms with Crippen LogP contribution in [0.3, 0.4) is 0 Å². The minimum Gasteiger partial charge on any atom is -0.354 e. The SMILES string of the molecule is CCCNc1ncc2c(n1)n(Cc1ccc(Br)cc1)c(=O)n2CCCN1CC2CC1CN2C. The number of halogens is 1. The van der Waals surface area contributed by atoms with Gasteiger partial charge in [-0.2, -0.15) is 4.98 Å². The minimum atomic E-state index is -0.0162. The molecule has 1 aromatic carbocycles. The monoisotopic (exact) mass is 513 g/mol. The van der Waals surface area contributed by atoms with Crippen LogP contribution in [0.1, 0.15) is 31.7 Å². The molecule has 2 unspecified atom stereocenters. The van der Waals surface area contributed by atoms with E-state index in [1.54, 1.807) is 10.8 Å². The van der Waals surface area contributed by atoms with Crippen molar-refractivity contribution in [2.75, 3.05) is 38.5 Å². The first-order chi connectivity index (χ1) is 16.0. The number of benzene rings is 1. The Morgan fingerprint density at radius 3 is 2.64 bits per heavy atom. The molecule has 2 atom stereocenters. The molecule has 33 heavy (non-hydrogen) atoms. The molecule has 2 bridgehead atoms. The summed E-state index contributed by atoms with van der Waals surface area (Å²) in [4.78, 5) is 27.8. The van der Waals surface area contributed by atoms with E-state index in [9.17, 15) is 4.79 Å². The molecule has 5 rings (SSSR count). The van der Waals surface area contributed by atoms with Gasteiger partial charge in [-0.25, -0.2) is 9.78 Å². The van der Waals surface area contributed by atoms with Crippen molar-refractivity contribution in [1.82, 2.24) is 28.9 Å². The quantitative estimate of drug-likeness (QED) is 0.474. The third kappa shape index (κ3) is 4.58. The lowest BCUT2D eigenvalue weighted by Crippen LogP contribution is -2.45. The number of likely N-dealkylation sites (tertiary alicyclic amines) is 2. The Bertz CT molecular complexity index is 1170. The van der Waals surface area contributed by atoms with Crippen LogP contribution in [0.4, 0.5) is 5.95 Å². The van der Waals surface area contributed by atoms with E-state index in [4.69, 9.17) is 4.98 Å². The van der Waals surface area contributed by atoms with Crippen molar-refractivity contribution in [2.24, 2.45) is 0 Å². The van der Waals surface area contributed by atoms with Crippen molar-refractivity contribution in [2.45, 2.75) is 51.4 Å². The lowest BCUT2D eigenvalue weighted by atomic mass is 10.2. The van der Waals surface area contributed by atoms with E-state index >= 15 is 0 Å². The van der Waals surface area contributed by atoms with E-state index in [0.29, 0.717) is 36.8 Å². The van der Waals surface area contributed by atoms with Crippen molar-refractivity contribution in [1.29, 1.82) is 0 Å². The molecular weight excluding hydrogens is 482 g/mol. The fourth-order valence-electron chi connectivity index (χ4n) is 5.20. The van der Waals surface area contributed by atoms with Crippen LogP contribution in [0.5, 0.6) is 0 Å². The number of nitrogens with one attached hydrogen (secondary N) is 1. The summed E-state index contributed by atoms with van der Waals surface area (Å²) < 4.78 is 4.67. The average molecular weight is 514 g/mol. The van der Waals surface area contributed by atoms with Crippen LogP contribution >= 0.6 is 15.9 Å². The van der Waals surface area contributed by atoms with Crippen LogP contribution in [0.2, 0.25) is 0 Å². The van der Waals surface area contributed by atoms with E-state index in [0.717, 1.165) is 48.0 Å². The maximum Gasteiger partial charge on any atom is 0.330 e. The summed E-state index contributed by atoms with van der Waals surface area (Å²) in [5.74, 6) is 0.572. The van der Waals surface area contributed by atoms with Gasteiger partial charge in [0.1, 0.15) is 5.52 Å². The smallest absolute Gasteiger partial charge is 0.330 e. The highest BCUT2D eigenvalue weighted by Crippen LogP contribution is 2.29. The van der Waals surface area contributed by atoms with Gasteiger partial charge >= 0.3 is 5.69 Å². The van der Waals surface area contributed by atoms with Crippen LogP contribution in [-0.2, 0) is 13.1 Å². The van der Waals surface area contributed by atoms with Crippen molar-refractivity contribution in [3.8, 4) is 0 Å². The van der Waals surface area contributed by atoms with Gasteiger partial charge in [0.2, 0.25) is 5.95 Å². The number of rotatable bonds is 9. The number of imidazole rings is 1. The number of nitrogens with zero attached hydrogens (tertiary/aromatic N) is 6. The molecule has 9 heteroatoms. The first-order valence-electron chi connectivity index (χ1n) is 11.9. The fraction of sp³-hybridized carbons (Fsp3) is 0.542.